The predicted molar refractivity (Wildman–Crippen MR) is 87.3 cm³/mol. The Kier molecular flexibility index (Phi) is 5.18. The van der Waals surface area contributed by atoms with Gasteiger partial charge >= 0.3 is 0 Å². The van der Waals surface area contributed by atoms with Crippen LogP contribution in [0.4, 0.5) is 11.4 Å². The van der Waals surface area contributed by atoms with Gasteiger partial charge in [0.25, 0.3) is 11.8 Å². The first-order chi connectivity index (χ1) is 10.9. The molecule has 2 aromatic rings. The molecule has 1 heterocycles. The Bertz CT molecular complexity index is 689. The van der Waals surface area contributed by atoms with Gasteiger partial charge in [-0.1, -0.05) is 13.8 Å². The van der Waals surface area contributed by atoms with Crippen LogP contribution in [0.5, 0.6) is 0 Å². The highest BCUT2D eigenvalue weighted by atomic mass is 16.3. The summed E-state index contributed by atoms with van der Waals surface area (Å²) < 4.78 is 5.10. The van der Waals surface area contributed by atoms with Crippen LogP contribution >= 0.6 is 0 Å². The third-order valence-corrected chi connectivity index (χ3v) is 3.30. The monoisotopic (exact) mass is 316 g/mol. The molecule has 6 heteroatoms. The standard InChI is InChI=1S/C17H20N2O4/c1-10(2)15(20)17(22)19-14-6-4-13(5-7-14)18-16(21)12-8-11(3)23-9-12/h4-10,15,20H,1-3H3,(H,18,21)(H,19,22)/t15-/m1/s1. The summed E-state index contributed by atoms with van der Waals surface area (Å²) >= 11 is 0. The molecule has 6 nitrogen and oxygen atoms in total. The second-order valence-corrected chi connectivity index (χ2v) is 5.66. The molecular weight excluding hydrogens is 296 g/mol. The molecule has 0 unspecified atom stereocenters. The maximum Gasteiger partial charge on any atom is 0.258 e. The highest BCUT2D eigenvalue weighted by Crippen LogP contribution is 2.16. The molecule has 1 aromatic carbocycles. The molecule has 0 radical (unpaired) electrons. The van der Waals surface area contributed by atoms with E-state index in [0.717, 1.165) is 0 Å². The Morgan fingerprint density at radius 2 is 1.65 bits per heavy atom. The minimum atomic E-state index is -1.06. The van der Waals surface area contributed by atoms with Crippen molar-refractivity contribution in [2.75, 3.05) is 10.6 Å². The zero-order valence-corrected chi connectivity index (χ0v) is 13.3. The summed E-state index contributed by atoms with van der Waals surface area (Å²) in [6, 6.07) is 8.30. The van der Waals surface area contributed by atoms with Gasteiger partial charge in [-0.3, -0.25) is 9.59 Å². The summed E-state index contributed by atoms with van der Waals surface area (Å²) in [7, 11) is 0. The Labute approximate surface area is 134 Å². The average Bonchev–Trinajstić information content (AvgIpc) is 2.95. The Hall–Kier alpha value is -2.60. The van der Waals surface area contributed by atoms with Gasteiger partial charge in [-0.15, -0.1) is 0 Å². The molecule has 0 aliphatic carbocycles. The lowest BCUT2D eigenvalue weighted by Gasteiger charge is -2.14. The van der Waals surface area contributed by atoms with Gasteiger partial charge in [0, 0.05) is 11.4 Å². The van der Waals surface area contributed by atoms with Crippen LogP contribution in [-0.2, 0) is 4.79 Å². The maximum absolute atomic E-state index is 12.0. The summed E-state index contributed by atoms with van der Waals surface area (Å²) in [4.78, 5) is 23.7. The molecule has 0 saturated heterocycles. The molecule has 1 aromatic heterocycles. The van der Waals surface area contributed by atoms with Gasteiger partial charge in [0.15, 0.2) is 0 Å². The topological polar surface area (TPSA) is 91.6 Å². The molecule has 2 rings (SSSR count). The molecule has 0 bridgehead atoms. The zero-order valence-electron chi connectivity index (χ0n) is 13.3. The van der Waals surface area contributed by atoms with Gasteiger partial charge < -0.3 is 20.2 Å². The van der Waals surface area contributed by atoms with E-state index in [0.29, 0.717) is 22.7 Å². The number of hydrogen-bond acceptors (Lipinski definition) is 4. The Balaban J connectivity index is 1.97. The number of nitrogens with one attached hydrogen (secondary N) is 2. The quantitative estimate of drug-likeness (QED) is 0.791. The number of hydrogen-bond donors (Lipinski definition) is 3. The van der Waals surface area contributed by atoms with Gasteiger partial charge in [-0.25, -0.2) is 0 Å². The van der Waals surface area contributed by atoms with E-state index in [1.165, 1.54) is 6.26 Å². The first-order valence-corrected chi connectivity index (χ1v) is 7.32. The number of amides is 2. The largest absolute Gasteiger partial charge is 0.469 e. The smallest absolute Gasteiger partial charge is 0.258 e. The zero-order chi connectivity index (χ0) is 17.0. The summed E-state index contributed by atoms with van der Waals surface area (Å²) in [5.74, 6) is -0.219. The molecule has 1 atom stereocenters. The SMILES string of the molecule is Cc1cc(C(=O)Nc2ccc(NC(=O)[C@H](O)C(C)C)cc2)co1. The lowest BCUT2D eigenvalue weighted by Crippen LogP contribution is -2.31. The highest BCUT2D eigenvalue weighted by molar-refractivity contribution is 6.04. The van der Waals surface area contributed by atoms with E-state index in [2.05, 4.69) is 10.6 Å². The molecule has 2 amide bonds. The number of rotatable bonds is 5. The van der Waals surface area contributed by atoms with Crippen molar-refractivity contribution in [3.63, 3.8) is 0 Å². The van der Waals surface area contributed by atoms with Crippen molar-refractivity contribution in [1.82, 2.24) is 0 Å². The van der Waals surface area contributed by atoms with E-state index in [9.17, 15) is 14.7 Å². The van der Waals surface area contributed by atoms with Crippen molar-refractivity contribution < 1.29 is 19.1 Å². The van der Waals surface area contributed by atoms with Crippen molar-refractivity contribution in [2.24, 2.45) is 5.92 Å². The Morgan fingerprint density at radius 3 is 2.13 bits per heavy atom. The maximum atomic E-state index is 12.0. The fourth-order valence-electron chi connectivity index (χ4n) is 1.92. The van der Waals surface area contributed by atoms with Crippen LogP contribution < -0.4 is 10.6 Å². The van der Waals surface area contributed by atoms with Crippen LogP contribution in [0.15, 0.2) is 41.0 Å². The van der Waals surface area contributed by atoms with Crippen LogP contribution in [0.3, 0.4) is 0 Å². The van der Waals surface area contributed by atoms with Gasteiger partial charge in [-0.05, 0) is 43.2 Å². The fraction of sp³-hybridized carbons (Fsp3) is 0.294. The summed E-state index contributed by atoms with van der Waals surface area (Å²) in [5.41, 5.74) is 1.59. The van der Waals surface area contributed by atoms with Crippen LogP contribution in [0.25, 0.3) is 0 Å². The van der Waals surface area contributed by atoms with E-state index < -0.39 is 12.0 Å². The van der Waals surface area contributed by atoms with Crippen LogP contribution in [0.1, 0.15) is 30.0 Å². The highest BCUT2D eigenvalue weighted by Gasteiger charge is 2.18. The van der Waals surface area contributed by atoms with Crippen molar-refractivity contribution in [3.8, 4) is 0 Å². The lowest BCUT2D eigenvalue weighted by atomic mass is 10.1. The first-order valence-electron chi connectivity index (χ1n) is 7.32. The average molecular weight is 316 g/mol. The number of anilines is 2. The number of aryl methyl sites for hydroxylation is 1. The van der Waals surface area contributed by atoms with Crippen LogP contribution in [0.2, 0.25) is 0 Å². The van der Waals surface area contributed by atoms with Crippen molar-refractivity contribution in [2.45, 2.75) is 26.9 Å². The minimum absolute atomic E-state index is 0.160. The lowest BCUT2D eigenvalue weighted by molar-refractivity contribution is -0.125. The van der Waals surface area contributed by atoms with Gasteiger partial charge in [-0.2, -0.15) is 0 Å². The Morgan fingerprint density at radius 1 is 1.09 bits per heavy atom. The third kappa shape index (κ3) is 4.43. The number of carbonyl (C=O) groups excluding carboxylic acids is 2. The number of benzene rings is 1. The number of carbonyl (C=O) groups is 2. The van der Waals surface area contributed by atoms with Crippen LogP contribution in [0, 0.1) is 12.8 Å². The normalized spacial score (nSPS) is 12.0. The number of furan rings is 1. The molecule has 122 valence electrons. The van der Waals surface area contributed by atoms with E-state index in [-0.39, 0.29) is 11.8 Å². The molecule has 0 saturated carbocycles. The minimum Gasteiger partial charge on any atom is -0.469 e. The molecule has 0 spiro atoms. The molecule has 0 aliphatic rings. The predicted octanol–water partition coefficient (Wildman–Crippen LogP) is 2.80. The van der Waals surface area contributed by atoms with Crippen LogP contribution in [-0.4, -0.2) is 23.0 Å². The molecular formula is C17H20N2O4. The fourth-order valence-corrected chi connectivity index (χ4v) is 1.92. The van der Waals surface area contributed by atoms with Gasteiger partial charge in [0.1, 0.15) is 18.1 Å². The van der Waals surface area contributed by atoms with E-state index >= 15 is 0 Å². The van der Waals surface area contributed by atoms with Crippen molar-refractivity contribution in [3.05, 3.63) is 47.9 Å². The second-order valence-electron chi connectivity index (χ2n) is 5.66. The van der Waals surface area contributed by atoms with Crippen molar-refractivity contribution in [1.29, 1.82) is 0 Å². The number of aliphatic hydroxyl groups is 1. The van der Waals surface area contributed by atoms with Crippen molar-refractivity contribution >= 4 is 23.2 Å². The van der Waals surface area contributed by atoms with E-state index in [1.54, 1.807) is 51.1 Å². The molecule has 3 N–H and O–H groups in total. The molecule has 23 heavy (non-hydrogen) atoms. The third-order valence-electron chi connectivity index (χ3n) is 3.30. The van der Waals surface area contributed by atoms with Gasteiger partial charge in [0.05, 0.1) is 5.56 Å². The first kappa shape index (κ1) is 16.8. The number of aliphatic hydroxyl groups excluding tert-OH is 1. The molecule has 0 fully saturated rings. The molecule has 0 aliphatic heterocycles. The van der Waals surface area contributed by atoms with E-state index in [1.807, 2.05) is 0 Å². The summed E-state index contributed by atoms with van der Waals surface area (Å²) in [6.45, 7) is 5.29. The summed E-state index contributed by atoms with van der Waals surface area (Å²) in [5, 5.41) is 15.0. The second kappa shape index (κ2) is 7.11. The summed E-state index contributed by atoms with van der Waals surface area (Å²) in [6.07, 6.45) is 0.339. The van der Waals surface area contributed by atoms with Gasteiger partial charge in [0.2, 0.25) is 0 Å². The van der Waals surface area contributed by atoms with E-state index in [4.69, 9.17) is 4.42 Å².